The van der Waals surface area contributed by atoms with Crippen LogP contribution >= 0.6 is 27.5 Å². The summed E-state index contributed by atoms with van der Waals surface area (Å²) in [7, 11) is 0. The average molecular weight is 607 g/mol. The first-order valence-electron chi connectivity index (χ1n) is 12.0. The Balaban J connectivity index is 1.65. The van der Waals surface area contributed by atoms with Crippen LogP contribution in [0.3, 0.4) is 0 Å². The Labute approximate surface area is 231 Å². The number of hydrogen-bond acceptors (Lipinski definition) is 8. The van der Waals surface area contributed by atoms with Crippen molar-refractivity contribution in [3.63, 3.8) is 0 Å². The maximum Gasteiger partial charge on any atom is 0.313 e. The molecule has 0 saturated carbocycles. The van der Waals surface area contributed by atoms with Crippen LogP contribution in [0.15, 0.2) is 44.7 Å². The van der Waals surface area contributed by atoms with Gasteiger partial charge in [0.15, 0.2) is 6.61 Å². The molecule has 0 aliphatic carbocycles. The molecule has 1 fully saturated rings. The summed E-state index contributed by atoms with van der Waals surface area (Å²) in [5.74, 6) is -0.0581. The van der Waals surface area contributed by atoms with E-state index >= 15 is 0 Å². The maximum atomic E-state index is 13.3. The van der Waals surface area contributed by atoms with Crippen molar-refractivity contribution in [1.29, 1.82) is 0 Å². The lowest BCUT2D eigenvalue weighted by Crippen LogP contribution is -2.43. The molecule has 38 heavy (non-hydrogen) atoms. The maximum absolute atomic E-state index is 13.3. The first-order chi connectivity index (χ1) is 18.3. The number of carbonyl (C=O) groups is 1. The Hall–Kier alpha value is -3.35. The van der Waals surface area contributed by atoms with E-state index in [1.807, 2.05) is 13.0 Å². The van der Waals surface area contributed by atoms with Crippen LogP contribution in [-0.4, -0.2) is 64.5 Å². The van der Waals surface area contributed by atoms with Gasteiger partial charge in [-0.1, -0.05) is 40.9 Å². The predicted octanol–water partition coefficient (Wildman–Crippen LogP) is 4.18. The van der Waals surface area contributed by atoms with E-state index in [-0.39, 0.29) is 27.8 Å². The molecule has 1 aliphatic heterocycles. The number of amides is 1. The van der Waals surface area contributed by atoms with Crippen LogP contribution in [0.4, 0.5) is 5.69 Å². The number of morpholine rings is 1. The molecule has 13 heteroatoms. The third-order valence-corrected chi connectivity index (χ3v) is 6.67. The summed E-state index contributed by atoms with van der Waals surface area (Å²) in [6, 6.07) is 7.90. The number of nitro groups is 1. The summed E-state index contributed by atoms with van der Waals surface area (Å²) in [6.45, 7) is 3.33. The fourth-order valence-electron chi connectivity index (χ4n) is 3.93. The quantitative estimate of drug-likeness (QED) is 0.203. The van der Waals surface area contributed by atoms with Crippen LogP contribution in [0.2, 0.25) is 5.02 Å². The van der Waals surface area contributed by atoms with Crippen molar-refractivity contribution >= 4 is 56.2 Å². The van der Waals surface area contributed by atoms with E-state index in [0.29, 0.717) is 49.5 Å². The number of benzene rings is 2. The van der Waals surface area contributed by atoms with Gasteiger partial charge in [-0.15, -0.1) is 0 Å². The minimum atomic E-state index is -0.647. The lowest BCUT2D eigenvalue weighted by Gasteiger charge is -2.26. The number of aromatic nitrogens is 2. The van der Waals surface area contributed by atoms with E-state index < -0.39 is 17.2 Å². The minimum absolute atomic E-state index is 0.0606. The van der Waals surface area contributed by atoms with E-state index in [9.17, 15) is 19.7 Å². The van der Waals surface area contributed by atoms with Crippen LogP contribution in [0.5, 0.6) is 5.75 Å². The molecule has 200 valence electrons. The molecule has 0 atom stereocenters. The summed E-state index contributed by atoms with van der Waals surface area (Å²) in [4.78, 5) is 43.0. The molecular formula is C25H25BrClN5O6. The number of halogens is 2. The van der Waals surface area contributed by atoms with E-state index in [1.165, 1.54) is 23.0 Å². The molecule has 0 N–H and O–H groups in total. The normalized spacial score (nSPS) is 13.8. The highest BCUT2D eigenvalue weighted by molar-refractivity contribution is 9.10. The lowest BCUT2D eigenvalue weighted by molar-refractivity contribution is -0.385. The number of nitrogens with zero attached hydrogens (tertiary/aromatic N) is 5. The predicted molar refractivity (Wildman–Crippen MR) is 146 cm³/mol. The topological polar surface area (TPSA) is 129 Å². The van der Waals surface area contributed by atoms with Gasteiger partial charge in [-0.2, -0.15) is 9.78 Å². The average Bonchev–Trinajstić information content (AvgIpc) is 2.91. The van der Waals surface area contributed by atoms with E-state index in [0.717, 1.165) is 17.3 Å². The molecular weight excluding hydrogens is 582 g/mol. The van der Waals surface area contributed by atoms with Crippen LogP contribution < -0.4 is 10.3 Å². The highest BCUT2D eigenvalue weighted by atomic mass is 79.9. The first kappa shape index (κ1) is 27.7. The van der Waals surface area contributed by atoms with Gasteiger partial charge < -0.3 is 14.4 Å². The van der Waals surface area contributed by atoms with Gasteiger partial charge >= 0.3 is 5.69 Å². The smallest absolute Gasteiger partial charge is 0.313 e. The summed E-state index contributed by atoms with van der Waals surface area (Å²) in [5.41, 5.74) is 0.0486. The largest absolute Gasteiger partial charge is 0.476 e. The van der Waals surface area contributed by atoms with E-state index in [2.05, 4.69) is 26.0 Å². The van der Waals surface area contributed by atoms with E-state index in [4.69, 9.17) is 21.1 Å². The molecule has 2 aromatic carbocycles. The van der Waals surface area contributed by atoms with Gasteiger partial charge in [0, 0.05) is 35.6 Å². The highest BCUT2D eigenvalue weighted by Gasteiger charge is 2.23. The molecule has 1 saturated heterocycles. The van der Waals surface area contributed by atoms with Crippen molar-refractivity contribution in [2.75, 3.05) is 32.9 Å². The summed E-state index contributed by atoms with van der Waals surface area (Å²) in [5, 5.41) is 16.4. The monoisotopic (exact) mass is 605 g/mol. The molecule has 3 aromatic rings. The second kappa shape index (κ2) is 12.5. The fourth-order valence-corrected chi connectivity index (χ4v) is 4.56. The fraction of sp³-hybridized carbons (Fsp3) is 0.360. The van der Waals surface area contributed by atoms with E-state index in [1.54, 1.807) is 17.0 Å². The molecule has 0 spiro atoms. The first-order valence-corrected chi connectivity index (χ1v) is 13.2. The minimum Gasteiger partial charge on any atom is -0.476 e. The van der Waals surface area contributed by atoms with Gasteiger partial charge in [0.05, 0.1) is 40.3 Å². The van der Waals surface area contributed by atoms with Crippen molar-refractivity contribution in [2.24, 2.45) is 5.10 Å². The second-order valence-electron chi connectivity index (χ2n) is 8.54. The van der Waals surface area contributed by atoms with Crippen molar-refractivity contribution in [3.8, 4) is 5.75 Å². The van der Waals surface area contributed by atoms with Gasteiger partial charge in [-0.25, -0.2) is 4.98 Å². The third kappa shape index (κ3) is 6.37. The number of hydrogen-bond donors (Lipinski definition) is 0. The van der Waals surface area contributed by atoms with Crippen molar-refractivity contribution in [2.45, 2.75) is 26.2 Å². The van der Waals surface area contributed by atoms with Gasteiger partial charge in [-0.3, -0.25) is 19.7 Å². The van der Waals surface area contributed by atoms with Crippen LogP contribution in [0.1, 0.15) is 31.2 Å². The second-order valence-corrected chi connectivity index (χ2v) is 9.87. The Bertz CT molecular complexity index is 1450. The lowest BCUT2D eigenvalue weighted by atomic mass is 10.2. The Morgan fingerprint density at radius 1 is 1.32 bits per heavy atom. The zero-order valence-corrected chi connectivity index (χ0v) is 22.9. The Morgan fingerprint density at radius 2 is 2.08 bits per heavy atom. The van der Waals surface area contributed by atoms with Crippen LogP contribution in [0.25, 0.3) is 10.9 Å². The van der Waals surface area contributed by atoms with Gasteiger partial charge in [0.25, 0.3) is 11.5 Å². The molecule has 0 bridgehead atoms. The summed E-state index contributed by atoms with van der Waals surface area (Å²) < 4.78 is 12.6. The molecule has 1 aromatic heterocycles. The summed E-state index contributed by atoms with van der Waals surface area (Å²) >= 11 is 9.71. The Kier molecular flexibility index (Phi) is 9.08. The van der Waals surface area contributed by atoms with Crippen molar-refractivity contribution in [1.82, 2.24) is 14.6 Å². The zero-order valence-electron chi connectivity index (χ0n) is 20.6. The number of rotatable bonds is 9. The molecule has 4 rings (SSSR count). The number of nitro benzene ring substituents is 1. The van der Waals surface area contributed by atoms with Crippen LogP contribution in [-0.2, 0) is 16.0 Å². The van der Waals surface area contributed by atoms with Crippen molar-refractivity contribution in [3.05, 3.63) is 71.7 Å². The number of unbranched alkanes of at least 4 members (excludes halogenated alkanes) is 1. The van der Waals surface area contributed by atoms with Gasteiger partial charge in [0.1, 0.15) is 5.82 Å². The molecule has 2 heterocycles. The van der Waals surface area contributed by atoms with Crippen LogP contribution in [0, 0.1) is 10.1 Å². The van der Waals surface area contributed by atoms with Crippen molar-refractivity contribution < 1.29 is 19.2 Å². The SMILES string of the molecule is CCCCc1nc2ccc(Br)cc2c(=O)n1N=Cc1cc(Cl)c(OCC(=O)N2CCOCC2)c([N+](=O)[O-])c1. The highest BCUT2D eigenvalue weighted by Crippen LogP contribution is 2.36. The molecule has 1 amide bonds. The number of fused-ring (bicyclic) bond motifs is 1. The Morgan fingerprint density at radius 3 is 2.79 bits per heavy atom. The number of carbonyl (C=O) groups excluding carboxylic acids is 1. The van der Waals surface area contributed by atoms with Gasteiger partial charge in [0.2, 0.25) is 5.75 Å². The number of aryl methyl sites for hydroxylation is 1. The van der Waals surface area contributed by atoms with Gasteiger partial charge in [-0.05, 0) is 30.7 Å². The molecule has 0 unspecified atom stereocenters. The number of ether oxygens (including phenoxy) is 2. The zero-order chi connectivity index (χ0) is 27.2. The molecule has 11 nitrogen and oxygen atoms in total. The third-order valence-electron chi connectivity index (χ3n) is 5.90. The molecule has 0 radical (unpaired) electrons. The summed E-state index contributed by atoms with van der Waals surface area (Å²) in [6.07, 6.45) is 3.54. The standard InChI is InChI=1S/C25H25BrClN5O6/c1-2-3-4-22-29-20-6-5-17(26)13-18(20)25(34)31(22)28-14-16-11-19(27)24(21(12-16)32(35)36)38-15-23(33)30-7-9-37-10-8-30/h5-6,11-14H,2-4,7-10,15H2,1H3. The molecule has 1 aliphatic rings.